The van der Waals surface area contributed by atoms with E-state index in [1.807, 2.05) is 24.8 Å². The third-order valence-corrected chi connectivity index (χ3v) is 7.53. The summed E-state index contributed by atoms with van der Waals surface area (Å²) in [6.07, 6.45) is 4.57. The molecule has 10 nitrogen and oxygen atoms in total. The first-order valence-corrected chi connectivity index (χ1v) is 13.1. The van der Waals surface area contributed by atoms with Gasteiger partial charge in [-0.1, -0.05) is 19.0 Å². The third kappa shape index (κ3) is 4.72. The van der Waals surface area contributed by atoms with Gasteiger partial charge in [-0.2, -0.15) is 0 Å². The van der Waals surface area contributed by atoms with Crippen molar-refractivity contribution in [3.63, 3.8) is 0 Å². The molecule has 2 fully saturated rings. The van der Waals surface area contributed by atoms with Gasteiger partial charge in [0.05, 0.1) is 11.7 Å². The smallest absolute Gasteiger partial charge is 0.259 e. The highest BCUT2D eigenvalue weighted by molar-refractivity contribution is 6.05. The lowest BCUT2D eigenvalue weighted by molar-refractivity contribution is -0.136. The highest BCUT2D eigenvalue weighted by Gasteiger charge is 2.39. The van der Waals surface area contributed by atoms with E-state index in [1.54, 1.807) is 12.1 Å². The average Bonchev–Trinajstić information content (AvgIpc) is 3.47. The molecule has 1 unspecified atom stereocenters. The molecule has 0 saturated carbocycles. The average molecular weight is 509 g/mol. The Labute approximate surface area is 215 Å². The number of amides is 4. The van der Waals surface area contributed by atoms with Crippen molar-refractivity contribution in [2.45, 2.75) is 77.4 Å². The predicted octanol–water partition coefficient (Wildman–Crippen LogP) is 2.63. The number of hydrogen-bond acceptors (Lipinski definition) is 7. The highest BCUT2D eigenvalue weighted by Crippen LogP contribution is 2.31. The Morgan fingerprint density at radius 3 is 2.76 bits per heavy atom. The van der Waals surface area contributed by atoms with Crippen molar-refractivity contribution in [3.05, 3.63) is 46.3 Å². The van der Waals surface area contributed by atoms with Gasteiger partial charge >= 0.3 is 0 Å². The molecule has 2 aromatic rings. The van der Waals surface area contributed by atoms with Crippen LogP contribution >= 0.6 is 0 Å². The summed E-state index contributed by atoms with van der Waals surface area (Å²) in [6, 6.07) is 4.58. The van der Waals surface area contributed by atoms with Crippen LogP contribution in [0.5, 0.6) is 5.75 Å². The van der Waals surface area contributed by atoms with Crippen LogP contribution in [0, 0.1) is 0 Å². The number of carbonyl (C=O) groups excluding carboxylic acids is 4. The van der Waals surface area contributed by atoms with Crippen LogP contribution in [-0.2, 0) is 29.0 Å². The molecule has 1 N–H and O–H groups in total. The van der Waals surface area contributed by atoms with Gasteiger partial charge in [0.2, 0.25) is 11.8 Å². The zero-order valence-corrected chi connectivity index (χ0v) is 21.2. The van der Waals surface area contributed by atoms with Crippen LogP contribution in [0.4, 0.5) is 0 Å². The number of likely N-dealkylation sites (tertiary alicyclic amines) is 1. The van der Waals surface area contributed by atoms with Crippen molar-refractivity contribution in [2.75, 3.05) is 13.2 Å². The van der Waals surface area contributed by atoms with Crippen LogP contribution in [0.3, 0.4) is 0 Å². The summed E-state index contributed by atoms with van der Waals surface area (Å²) >= 11 is 0. The molecule has 5 rings (SSSR count). The van der Waals surface area contributed by atoms with Crippen molar-refractivity contribution < 1.29 is 28.4 Å². The molecule has 10 heteroatoms. The molecular formula is C27H32N4O6. The van der Waals surface area contributed by atoms with Crippen LogP contribution in [0.15, 0.2) is 22.7 Å². The number of nitrogens with one attached hydrogen (secondary N) is 1. The molecule has 37 heavy (non-hydrogen) atoms. The van der Waals surface area contributed by atoms with E-state index in [-0.39, 0.29) is 30.2 Å². The Morgan fingerprint density at radius 1 is 1.16 bits per heavy atom. The van der Waals surface area contributed by atoms with Gasteiger partial charge in [0.1, 0.15) is 29.7 Å². The number of hydrogen-bond donors (Lipinski definition) is 1. The molecule has 1 aromatic carbocycles. The number of rotatable bonds is 7. The summed E-state index contributed by atoms with van der Waals surface area (Å²) < 4.78 is 11.6. The predicted molar refractivity (Wildman–Crippen MR) is 132 cm³/mol. The number of benzene rings is 1. The first kappa shape index (κ1) is 25.0. The normalized spacial score (nSPS) is 21.7. The van der Waals surface area contributed by atoms with Gasteiger partial charge < -0.3 is 19.1 Å². The van der Waals surface area contributed by atoms with Crippen LogP contribution in [0.1, 0.15) is 83.7 Å². The SMILES string of the molecule is CCc1noc(CC)c1C(=O)N1CCCC[C@@H]1COc1ccc2c(c1)CN(C1CCC(=O)NC1=O)C2=O. The van der Waals surface area contributed by atoms with Gasteiger partial charge in [0.25, 0.3) is 11.8 Å². The Bertz CT molecular complexity index is 1220. The maximum atomic E-state index is 13.5. The third-order valence-electron chi connectivity index (χ3n) is 7.53. The maximum Gasteiger partial charge on any atom is 0.259 e. The summed E-state index contributed by atoms with van der Waals surface area (Å²) in [7, 11) is 0. The molecule has 0 bridgehead atoms. The van der Waals surface area contributed by atoms with E-state index in [2.05, 4.69) is 10.5 Å². The number of carbonyl (C=O) groups is 4. The monoisotopic (exact) mass is 508 g/mol. The summed E-state index contributed by atoms with van der Waals surface area (Å²) in [4.78, 5) is 53.7. The van der Waals surface area contributed by atoms with Gasteiger partial charge in [0, 0.05) is 31.5 Å². The van der Waals surface area contributed by atoms with Crippen molar-refractivity contribution in [2.24, 2.45) is 0 Å². The zero-order chi connectivity index (χ0) is 26.1. The second-order valence-corrected chi connectivity index (χ2v) is 9.81. The Kier molecular flexibility index (Phi) is 6.99. The van der Waals surface area contributed by atoms with E-state index in [4.69, 9.17) is 9.26 Å². The number of aryl methyl sites for hydroxylation is 2. The first-order valence-electron chi connectivity index (χ1n) is 13.1. The summed E-state index contributed by atoms with van der Waals surface area (Å²) in [5.41, 5.74) is 2.60. The molecular weight excluding hydrogens is 476 g/mol. The topological polar surface area (TPSA) is 122 Å². The molecule has 3 aliphatic rings. The van der Waals surface area contributed by atoms with E-state index >= 15 is 0 Å². The number of ether oxygens (including phenoxy) is 1. The van der Waals surface area contributed by atoms with E-state index in [0.29, 0.717) is 67.3 Å². The van der Waals surface area contributed by atoms with Crippen LogP contribution in [0.2, 0.25) is 0 Å². The first-order chi connectivity index (χ1) is 17.9. The lowest BCUT2D eigenvalue weighted by Crippen LogP contribution is -2.52. The van der Waals surface area contributed by atoms with Crippen LogP contribution < -0.4 is 10.1 Å². The minimum atomic E-state index is -0.651. The van der Waals surface area contributed by atoms with Gasteiger partial charge in [-0.15, -0.1) is 0 Å². The molecule has 0 radical (unpaired) electrons. The molecule has 0 aliphatic carbocycles. The van der Waals surface area contributed by atoms with E-state index < -0.39 is 11.9 Å². The summed E-state index contributed by atoms with van der Waals surface area (Å²) in [6.45, 7) is 5.20. The van der Waals surface area contributed by atoms with Gasteiger partial charge in [-0.25, -0.2) is 0 Å². The number of imide groups is 1. The molecule has 3 aliphatic heterocycles. The van der Waals surface area contributed by atoms with E-state index in [9.17, 15) is 19.2 Å². The summed E-state index contributed by atoms with van der Waals surface area (Å²) in [5, 5.41) is 6.42. The standard InChI is InChI=1S/C27H32N4O6/c1-3-20-24(22(4-2)37-29-20)27(35)30-12-6-5-7-17(30)15-36-18-8-9-19-16(13-18)14-31(26(19)34)21-10-11-23(32)28-25(21)33/h8-9,13,17,21H,3-7,10-12,14-15H2,1-2H3,(H,28,32,33)/t17-,21?/m1/s1. The second kappa shape index (κ2) is 10.4. The molecule has 196 valence electrons. The van der Waals surface area contributed by atoms with Crippen molar-refractivity contribution in [3.8, 4) is 5.75 Å². The van der Waals surface area contributed by atoms with Gasteiger partial charge in [-0.3, -0.25) is 24.5 Å². The van der Waals surface area contributed by atoms with Gasteiger partial charge in [0.15, 0.2) is 0 Å². The molecule has 4 amide bonds. The molecule has 2 atom stereocenters. The summed E-state index contributed by atoms with van der Waals surface area (Å²) in [5.74, 6) is 0.229. The van der Waals surface area contributed by atoms with Crippen molar-refractivity contribution >= 4 is 23.6 Å². The number of fused-ring (bicyclic) bond motifs is 1. The fraction of sp³-hybridized carbons (Fsp3) is 0.519. The number of piperidine rings is 2. The minimum absolute atomic E-state index is 0.0531. The number of aromatic nitrogens is 1. The lowest BCUT2D eigenvalue weighted by atomic mass is 10.00. The van der Waals surface area contributed by atoms with Crippen LogP contribution in [0.25, 0.3) is 0 Å². The minimum Gasteiger partial charge on any atom is -0.491 e. The highest BCUT2D eigenvalue weighted by atomic mass is 16.5. The quantitative estimate of drug-likeness (QED) is 0.571. The fourth-order valence-corrected chi connectivity index (χ4v) is 5.51. The lowest BCUT2D eigenvalue weighted by Gasteiger charge is -2.35. The zero-order valence-electron chi connectivity index (χ0n) is 21.2. The molecule has 2 saturated heterocycles. The molecule has 4 heterocycles. The molecule has 0 spiro atoms. The Morgan fingerprint density at radius 2 is 2.00 bits per heavy atom. The van der Waals surface area contributed by atoms with Gasteiger partial charge in [-0.05, 0) is 55.9 Å². The van der Waals surface area contributed by atoms with Crippen molar-refractivity contribution in [1.29, 1.82) is 0 Å². The van der Waals surface area contributed by atoms with Crippen LogP contribution in [-0.4, -0.2) is 63.8 Å². The maximum absolute atomic E-state index is 13.5. The van der Waals surface area contributed by atoms with E-state index in [1.165, 1.54) is 4.90 Å². The Balaban J connectivity index is 1.27. The second-order valence-electron chi connectivity index (χ2n) is 9.81. The largest absolute Gasteiger partial charge is 0.491 e. The number of nitrogens with zero attached hydrogens (tertiary/aromatic N) is 3. The molecule has 1 aromatic heterocycles. The van der Waals surface area contributed by atoms with E-state index in [0.717, 1.165) is 24.8 Å². The fourth-order valence-electron chi connectivity index (χ4n) is 5.51. The Hall–Kier alpha value is -3.69. The van der Waals surface area contributed by atoms with Crippen molar-refractivity contribution in [1.82, 2.24) is 20.3 Å².